The molecule has 2 rings (SSSR count). The molecule has 0 radical (unpaired) electrons. The minimum Gasteiger partial charge on any atom is -0.274 e. The van der Waals surface area contributed by atoms with E-state index in [9.17, 15) is 9.59 Å². The van der Waals surface area contributed by atoms with Gasteiger partial charge in [0.05, 0.1) is 12.2 Å². The van der Waals surface area contributed by atoms with Gasteiger partial charge in [-0.2, -0.15) is 0 Å². The molecule has 2 heterocycles. The normalized spacial score (nSPS) is 16.7. The molecule has 0 atom stereocenters. The molecule has 0 N–H and O–H groups in total. The maximum atomic E-state index is 11.5. The molecule has 84 valence electrons. The van der Waals surface area contributed by atoms with Crippen LogP contribution in [0.15, 0.2) is 18.3 Å². The number of aromatic nitrogens is 1. The van der Waals surface area contributed by atoms with E-state index in [1.165, 1.54) is 4.90 Å². The van der Waals surface area contributed by atoms with Crippen LogP contribution in [0.2, 0.25) is 5.02 Å². The highest BCUT2D eigenvalue weighted by Crippen LogP contribution is 2.20. The molecule has 16 heavy (non-hydrogen) atoms. The zero-order valence-electron chi connectivity index (χ0n) is 8.35. The Bertz CT molecular complexity index is 423. The standard InChI is InChI=1S/C10H9ClN2O2S/c11-7-1-3-12-8(5-7)6-13-9(14)2-4-16-10(13)15/h1,3,5H,2,4,6H2. The molecule has 1 aliphatic heterocycles. The van der Waals surface area contributed by atoms with Gasteiger partial charge in [0, 0.05) is 23.4 Å². The van der Waals surface area contributed by atoms with E-state index in [1.54, 1.807) is 18.3 Å². The Labute approximate surface area is 102 Å². The van der Waals surface area contributed by atoms with Gasteiger partial charge in [0.25, 0.3) is 5.24 Å². The van der Waals surface area contributed by atoms with Gasteiger partial charge < -0.3 is 0 Å². The SMILES string of the molecule is O=C1CCSC(=O)N1Cc1cc(Cl)ccn1. The van der Waals surface area contributed by atoms with Crippen LogP contribution in [0.1, 0.15) is 12.1 Å². The minimum absolute atomic E-state index is 0.148. The van der Waals surface area contributed by atoms with Gasteiger partial charge in [0.15, 0.2) is 0 Å². The zero-order valence-corrected chi connectivity index (χ0v) is 9.92. The molecule has 6 heteroatoms. The van der Waals surface area contributed by atoms with E-state index in [0.717, 1.165) is 11.8 Å². The van der Waals surface area contributed by atoms with Crippen LogP contribution in [0.25, 0.3) is 0 Å². The molecule has 1 aromatic rings. The number of thioether (sulfide) groups is 1. The monoisotopic (exact) mass is 256 g/mol. The molecule has 0 unspecified atom stereocenters. The predicted molar refractivity (Wildman–Crippen MR) is 62.3 cm³/mol. The molecule has 0 aromatic carbocycles. The van der Waals surface area contributed by atoms with Gasteiger partial charge in [-0.05, 0) is 12.1 Å². The molecule has 0 saturated carbocycles. The fourth-order valence-corrected chi connectivity index (χ4v) is 2.35. The molecule has 2 amide bonds. The van der Waals surface area contributed by atoms with Crippen molar-refractivity contribution in [1.29, 1.82) is 0 Å². The van der Waals surface area contributed by atoms with Crippen LogP contribution >= 0.6 is 23.4 Å². The summed E-state index contributed by atoms with van der Waals surface area (Å²) in [4.78, 5) is 28.3. The lowest BCUT2D eigenvalue weighted by atomic mass is 10.3. The lowest BCUT2D eigenvalue weighted by Gasteiger charge is -2.23. The molecule has 0 bridgehead atoms. The van der Waals surface area contributed by atoms with Gasteiger partial charge in [-0.15, -0.1) is 0 Å². The second-order valence-corrected chi connectivity index (χ2v) is 4.79. The second kappa shape index (κ2) is 4.84. The molecule has 1 fully saturated rings. The van der Waals surface area contributed by atoms with Crippen LogP contribution in [-0.4, -0.2) is 26.8 Å². The first-order valence-electron chi connectivity index (χ1n) is 4.74. The van der Waals surface area contributed by atoms with Crippen molar-refractivity contribution in [2.24, 2.45) is 0 Å². The van der Waals surface area contributed by atoms with Gasteiger partial charge in [-0.25, -0.2) is 0 Å². The fourth-order valence-electron chi connectivity index (χ4n) is 1.39. The minimum atomic E-state index is -0.210. The largest absolute Gasteiger partial charge is 0.288 e. The molecule has 1 aliphatic rings. The van der Waals surface area contributed by atoms with Crippen molar-refractivity contribution >= 4 is 34.5 Å². The molecular weight excluding hydrogens is 248 g/mol. The number of halogens is 1. The Balaban J connectivity index is 2.13. The highest BCUT2D eigenvalue weighted by molar-refractivity contribution is 8.13. The van der Waals surface area contributed by atoms with Crippen LogP contribution in [0.4, 0.5) is 4.79 Å². The number of hydrogen-bond donors (Lipinski definition) is 0. The number of imide groups is 1. The van der Waals surface area contributed by atoms with Gasteiger partial charge in [-0.3, -0.25) is 19.5 Å². The Morgan fingerprint density at radius 3 is 3.00 bits per heavy atom. The van der Waals surface area contributed by atoms with E-state index in [4.69, 9.17) is 11.6 Å². The average Bonchev–Trinajstić information content (AvgIpc) is 2.24. The lowest BCUT2D eigenvalue weighted by molar-refractivity contribution is -0.128. The smallest absolute Gasteiger partial charge is 0.274 e. The highest BCUT2D eigenvalue weighted by atomic mass is 35.5. The number of rotatable bonds is 2. The number of nitrogens with zero attached hydrogens (tertiary/aromatic N) is 2. The maximum Gasteiger partial charge on any atom is 0.288 e. The third-order valence-corrected chi connectivity index (χ3v) is 3.27. The topological polar surface area (TPSA) is 50.3 Å². The summed E-state index contributed by atoms with van der Waals surface area (Å²) in [7, 11) is 0. The van der Waals surface area contributed by atoms with E-state index in [-0.39, 0.29) is 17.7 Å². The van der Waals surface area contributed by atoms with Crippen molar-refractivity contribution in [3.8, 4) is 0 Å². The first-order valence-corrected chi connectivity index (χ1v) is 6.11. The number of pyridine rings is 1. The Morgan fingerprint density at radius 2 is 2.31 bits per heavy atom. The second-order valence-electron chi connectivity index (χ2n) is 3.31. The molecule has 0 aliphatic carbocycles. The van der Waals surface area contributed by atoms with Crippen molar-refractivity contribution in [3.05, 3.63) is 29.0 Å². The predicted octanol–water partition coefficient (Wildman–Crippen LogP) is 2.32. The molecule has 4 nitrogen and oxygen atoms in total. The Kier molecular flexibility index (Phi) is 3.46. The van der Waals surface area contributed by atoms with Gasteiger partial charge in [0.2, 0.25) is 5.91 Å². The first kappa shape index (κ1) is 11.4. The molecule has 1 aromatic heterocycles. The summed E-state index contributed by atoms with van der Waals surface area (Å²) in [5, 5.41) is 0.340. The van der Waals surface area contributed by atoms with Gasteiger partial charge in [0.1, 0.15) is 0 Å². The van der Waals surface area contributed by atoms with E-state index < -0.39 is 0 Å². The van der Waals surface area contributed by atoms with Crippen LogP contribution < -0.4 is 0 Å². The quantitative estimate of drug-likeness (QED) is 0.815. The summed E-state index contributed by atoms with van der Waals surface area (Å²) in [6, 6.07) is 3.31. The summed E-state index contributed by atoms with van der Waals surface area (Å²) in [6.45, 7) is 0.200. The summed E-state index contributed by atoms with van der Waals surface area (Å²) in [5.74, 6) is 0.419. The van der Waals surface area contributed by atoms with Gasteiger partial charge in [-0.1, -0.05) is 23.4 Å². The molecular formula is C10H9ClN2O2S. The van der Waals surface area contributed by atoms with Crippen molar-refractivity contribution in [2.45, 2.75) is 13.0 Å². The summed E-state index contributed by atoms with van der Waals surface area (Å²) < 4.78 is 0. The van der Waals surface area contributed by atoms with E-state index in [1.807, 2.05) is 0 Å². The Morgan fingerprint density at radius 1 is 1.50 bits per heavy atom. The molecule has 1 saturated heterocycles. The summed E-state index contributed by atoms with van der Waals surface area (Å²) in [5.41, 5.74) is 0.622. The third kappa shape index (κ3) is 2.54. The van der Waals surface area contributed by atoms with E-state index in [2.05, 4.69) is 4.98 Å². The maximum absolute atomic E-state index is 11.5. The first-order chi connectivity index (χ1) is 7.66. The lowest BCUT2D eigenvalue weighted by Crippen LogP contribution is -2.37. The number of carbonyl (C=O) groups excluding carboxylic acids is 2. The summed E-state index contributed by atoms with van der Waals surface area (Å²) in [6.07, 6.45) is 1.96. The van der Waals surface area contributed by atoms with Crippen LogP contribution in [0, 0.1) is 0 Å². The van der Waals surface area contributed by atoms with Crippen molar-refractivity contribution in [2.75, 3.05) is 5.75 Å². The molecule has 0 spiro atoms. The number of carbonyl (C=O) groups is 2. The Hall–Kier alpha value is -1.07. The van der Waals surface area contributed by atoms with Crippen LogP contribution in [0.5, 0.6) is 0 Å². The van der Waals surface area contributed by atoms with Crippen LogP contribution in [-0.2, 0) is 11.3 Å². The highest BCUT2D eigenvalue weighted by Gasteiger charge is 2.26. The summed E-state index contributed by atoms with van der Waals surface area (Å²) >= 11 is 6.96. The van der Waals surface area contributed by atoms with Crippen molar-refractivity contribution < 1.29 is 9.59 Å². The van der Waals surface area contributed by atoms with E-state index in [0.29, 0.717) is 22.9 Å². The number of hydrogen-bond acceptors (Lipinski definition) is 4. The van der Waals surface area contributed by atoms with E-state index >= 15 is 0 Å². The zero-order chi connectivity index (χ0) is 11.5. The van der Waals surface area contributed by atoms with Gasteiger partial charge >= 0.3 is 0 Å². The van der Waals surface area contributed by atoms with Crippen molar-refractivity contribution in [1.82, 2.24) is 9.88 Å². The van der Waals surface area contributed by atoms with Crippen LogP contribution in [0.3, 0.4) is 0 Å². The third-order valence-electron chi connectivity index (χ3n) is 2.16. The van der Waals surface area contributed by atoms with Crippen molar-refractivity contribution in [3.63, 3.8) is 0 Å². The number of amides is 2. The fraction of sp³-hybridized carbons (Fsp3) is 0.300. The average molecular weight is 257 g/mol.